The van der Waals surface area contributed by atoms with Crippen molar-refractivity contribution in [3.05, 3.63) is 64.7 Å². The first kappa shape index (κ1) is 30.4. The quantitative estimate of drug-likeness (QED) is 0.401. The van der Waals surface area contributed by atoms with Gasteiger partial charge >= 0.3 is 0 Å². The number of benzene rings is 2. The fourth-order valence-corrected chi connectivity index (χ4v) is 5.42. The number of amides is 2. The Hall–Kier alpha value is -2.87. The van der Waals surface area contributed by atoms with Gasteiger partial charge < -0.3 is 10.2 Å². The minimum atomic E-state index is -3.53. The second kappa shape index (κ2) is 13.6. The molecule has 7 nitrogen and oxygen atoms in total. The van der Waals surface area contributed by atoms with Crippen molar-refractivity contribution < 1.29 is 18.0 Å². The van der Waals surface area contributed by atoms with Gasteiger partial charge in [0.2, 0.25) is 21.8 Å². The van der Waals surface area contributed by atoms with Gasteiger partial charge in [0.05, 0.1) is 11.9 Å². The number of nitrogens with zero attached hydrogens (tertiary/aromatic N) is 2. The van der Waals surface area contributed by atoms with E-state index in [4.69, 9.17) is 0 Å². The number of rotatable bonds is 13. The van der Waals surface area contributed by atoms with E-state index in [2.05, 4.69) is 5.32 Å². The summed E-state index contributed by atoms with van der Waals surface area (Å²) in [5, 5.41) is 3.02. The van der Waals surface area contributed by atoms with Crippen LogP contribution >= 0.6 is 0 Å². The van der Waals surface area contributed by atoms with Gasteiger partial charge in [0.25, 0.3) is 0 Å². The molecule has 0 fully saturated rings. The zero-order chi connectivity index (χ0) is 27.8. The Balaban J connectivity index is 2.25. The fraction of sp³-hybridized carbons (Fsp3) is 0.517. The van der Waals surface area contributed by atoms with Crippen LogP contribution in [0.5, 0.6) is 0 Å². The van der Waals surface area contributed by atoms with Crippen molar-refractivity contribution in [2.24, 2.45) is 0 Å². The van der Waals surface area contributed by atoms with Crippen LogP contribution in [0.1, 0.15) is 68.7 Å². The van der Waals surface area contributed by atoms with Gasteiger partial charge in [-0.2, -0.15) is 0 Å². The first-order chi connectivity index (χ1) is 17.3. The molecule has 0 aliphatic rings. The predicted molar refractivity (Wildman–Crippen MR) is 151 cm³/mol. The lowest BCUT2D eigenvalue weighted by molar-refractivity contribution is -0.141. The lowest BCUT2D eigenvalue weighted by Crippen LogP contribution is -2.50. The zero-order valence-electron chi connectivity index (χ0n) is 23.4. The molecule has 204 valence electrons. The van der Waals surface area contributed by atoms with Gasteiger partial charge in [0, 0.05) is 25.6 Å². The summed E-state index contributed by atoms with van der Waals surface area (Å²) in [6.45, 7) is 12.2. The number of carbonyl (C=O) groups excluding carboxylic acids is 2. The molecule has 37 heavy (non-hydrogen) atoms. The smallest absolute Gasteiger partial charge is 0.243 e. The third-order valence-electron chi connectivity index (χ3n) is 6.47. The minimum absolute atomic E-state index is 0.0126. The van der Waals surface area contributed by atoms with Gasteiger partial charge in [0.1, 0.15) is 6.04 Å². The third kappa shape index (κ3) is 9.18. The third-order valence-corrected chi connectivity index (χ3v) is 7.66. The second-order valence-electron chi connectivity index (χ2n) is 10.0. The van der Waals surface area contributed by atoms with Crippen molar-refractivity contribution in [2.75, 3.05) is 17.1 Å². The topological polar surface area (TPSA) is 86.8 Å². The summed E-state index contributed by atoms with van der Waals surface area (Å²) in [6.07, 6.45) is 2.94. The Labute approximate surface area is 223 Å². The Morgan fingerprint density at radius 1 is 0.946 bits per heavy atom. The molecule has 2 amide bonds. The molecular weight excluding hydrogens is 486 g/mol. The normalized spacial score (nSPS) is 13.1. The molecule has 0 aromatic heterocycles. The maximum Gasteiger partial charge on any atom is 0.243 e. The van der Waals surface area contributed by atoms with E-state index in [1.807, 2.05) is 84.0 Å². The molecule has 2 aromatic rings. The van der Waals surface area contributed by atoms with Gasteiger partial charge in [-0.3, -0.25) is 13.9 Å². The second-order valence-corrected chi connectivity index (χ2v) is 11.9. The van der Waals surface area contributed by atoms with Gasteiger partial charge in [-0.25, -0.2) is 8.42 Å². The summed E-state index contributed by atoms with van der Waals surface area (Å²) in [4.78, 5) is 28.3. The summed E-state index contributed by atoms with van der Waals surface area (Å²) in [6, 6.07) is 13.0. The summed E-state index contributed by atoms with van der Waals surface area (Å²) in [7, 11) is -3.53. The van der Waals surface area contributed by atoms with Gasteiger partial charge in [-0.1, -0.05) is 49.7 Å². The molecule has 0 radical (unpaired) electrons. The van der Waals surface area contributed by atoms with E-state index < -0.39 is 16.1 Å². The van der Waals surface area contributed by atoms with Crippen molar-refractivity contribution in [3.8, 4) is 0 Å². The largest absolute Gasteiger partial charge is 0.352 e. The molecule has 2 atom stereocenters. The fourth-order valence-electron chi connectivity index (χ4n) is 4.47. The van der Waals surface area contributed by atoms with Crippen LogP contribution in [0.4, 0.5) is 5.69 Å². The predicted octanol–water partition coefficient (Wildman–Crippen LogP) is 4.88. The number of carbonyl (C=O) groups is 2. The molecule has 0 aliphatic carbocycles. The summed E-state index contributed by atoms with van der Waals surface area (Å²) in [5.74, 6) is -0.326. The average molecular weight is 530 g/mol. The van der Waals surface area contributed by atoms with Crippen LogP contribution < -0.4 is 9.62 Å². The summed E-state index contributed by atoms with van der Waals surface area (Å²) in [5.41, 5.74) is 4.59. The van der Waals surface area contributed by atoms with Crippen LogP contribution in [0.25, 0.3) is 0 Å². The molecule has 0 unspecified atom stereocenters. The monoisotopic (exact) mass is 529 g/mol. The Kier molecular flexibility index (Phi) is 11.2. The summed E-state index contributed by atoms with van der Waals surface area (Å²) < 4.78 is 26.5. The van der Waals surface area contributed by atoms with Crippen molar-refractivity contribution in [1.29, 1.82) is 0 Å². The minimum Gasteiger partial charge on any atom is -0.352 e. The molecule has 0 heterocycles. The van der Waals surface area contributed by atoms with Crippen molar-refractivity contribution in [3.63, 3.8) is 0 Å². The maximum atomic E-state index is 13.5. The Bertz CT molecular complexity index is 1160. The zero-order valence-corrected chi connectivity index (χ0v) is 24.2. The first-order valence-corrected chi connectivity index (χ1v) is 14.9. The molecule has 2 aromatic carbocycles. The number of anilines is 1. The number of aryl methyl sites for hydroxylation is 3. The molecule has 0 aliphatic heterocycles. The molecular formula is C29H43N3O4S. The maximum absolute atomic E-state index is 13.5. The van der Waals surface area contributed by atoms with Gasteiger partial charge in [-0.15, -0.1) is 0 Å². The van der Waals surface area contributed by atoms with E-state index >= 15 is 0 Å². The van der Waals surface area contributed by atoms with Crippen LogP contribution in [0, 0.1) is 20.8 Å². The van der Waals surface area contributed by atoms with E-state index in [0.717, 1.165) is 28.7 Å². The van der Waals surface area contributed by atoms with Gasteiger partial charge in [-0.05, 0) is 75.8 Å². The highest BCUT2D eigenvalue weighted by Crippen LogP contribution is 2.22. The average Bonchev–Trinajstić information content (AvgIpc) is 2.80. The van der Waals surface area contributed by atoms with E-state index in [9.17, 15) is 18.0 Å². The van der Waals surface area contributed by atoms with Crippen LogP contribution in [-0.4, -0.2) is 50.0 Å². The molecule has 1 N–H and O–H groups in total. The van der Waals surface area contributed by atoms with Crippen LogP contribution in [0.2, 0.25) is 0 Å². The Morgan fingerprint density at radius 2 is 1.59 bits per heavy atom. The van der Waals surface area contributed by atoms with E-state index in [0.29, 0.717) is 25.1 Å². The van der Waals surface area contributed by atoms with Crippen molar-refractivity contribution in [1.82, 2.24) is 10.2 Å². The SMILES string of the molecule is CC[C@@H](C)NC(=O)[C@@H](CC)N(Cc1cccc(C)c1)C(=O)CCCN(c1cc(C)cc(C)c1)S(C)(=O)=O. The molecule has 0 saturated carbocycles. The van der Waals surface area contributed by atoms with E-state index in [-0.39, 0.29) is 30.8 Å². The van der Waals surface area contributed by atoms with Crippen molar-refractivity contribution >= 4 is 27.5 Å². The summed E-state index contributed by atoms with van der Waals surface area (Å²) >= 11 is 0. The number of nitrogens with one attached hydrogen (secondary N) is 1. The Morgan fingerprint density at radius 3 is 2.14 bits per heavy atom. The standard InChI is InChI=1S/C29H43N3O4S/c1-8-24(6)30-29(34)27(9-2)31(20-25-13-10-12-21(3)17-25)28(33)14-11-15-32(37(7,35)36)26-18-22(4)16-23(5)19-26/h10,12-13,16-19,24,27H,8-9,11,14-15,20H2,1-7H3,(H,30,34)/t24-,27-/m1/s1. The molecule has 0 saturated heterocycles. The first-order valence-electron chi connectivity index (χ1n) is 13.1. The highest BCUT2D eigenvalue weighted by atomic mass is 32.2. The molecule has 0 spiro atoms. The molecule has 2 rings (SSSR count). The highest BCUT2D eigenvalue weighted by molar-refractivity contribution is 7.92. The van der Waals surface area contributed by atoms with Gasteiger partial charge in [0.15, 0.2) is 0 Å². The van der Waals surface area contributed by atoms with Crippen LogP contribution in [0.15, 0.2) is 42.5 Å². The molecule has 8 heteroatoms. The lowest BCUT2D eigenvalue weighted by atomic mass is 10.1. The van der Waals surface area contributed by atoms with Crippen LogP contribution in [0.3, 0.4) is 0 Å². The molecule has 0 bridgehead atoms. The number of sulfonamides is 1. The van der Waals surface area contributed by atoms with Crippen molar-refractivity contribution in [2.45, 2.75) is 85.9 Å². The number of hydrogen-bond donors (Lipinski definition) is 1. The van der Waals surface area contributed by atoms with E-state index in [1.54, 1.807) is 4.90 Å². The highest BCUT2D eigenvalue weighted by Gasteiger charge is 2.29. The van der Waals surface area contributed by atoms with Crippen LogP contribution in [-0.2, 0) is 26.2 Å². The number of hydrogen-bond acceptors (Lipinski definition) is 4. The van der Waals surface area contributed by atoms with E-state index in [1.165, 1.54) is 10.6 Å². The lowest BCUT2D eigenvalue weighted by Gasteiger charge is -2.32.